The lowest BCUT2D eigenvalue weighted by Gasteiger charge is -2.12. The van der Waals surface area contributed by atoms with Crippen LogP contribution in [0.3, 0.4) is 0 Å². The molecule has 0 atom stereocenters. The van der Waals surface area contributed by atoms with Crippen molar-refractivity contribution in [2.24, 2.45) is 0 Å². The van der Waals surface area contributed by atoms with Gasteiger partial charge in [-0.15, -0.1) is 0 Å². The summed E-state index contributed by atoms with van der Waals surface area (Å²) in [5.74, 6) is 0.366. The lowest BCUT2D eigenvalue weighted by molar-refractivity contribution is 0.203. The molecule has 64 valence electrons. The van der Waals surface area contributed by atoms with E-state index in [9.17, 15) is 4.79 Å². The Morgan fingerprint density at radius 1 is 1.50 bits per heavy atom. The molecule has 0 fully saturated rings. The van der Waals surface area contributed by atoms with Crippen molar-refractivity contribution in [3.63, 3.8) is 0 Å². The van der Waals surface area contributed by atoms with Crippen molar-refractivity contribution in [2.75, 3.05) is 11.9 Å². The number of hydrogen-bond acceptors (Lipinski definition) is 3. The molecule has 0 radical (unpaired) electrons. The quantitative estimate of drug-likeness (QED) is 0.674. The second kappa shape index (κ2) is 3.17. The summed E-state index contributed by atoms with van der Waals surface area (Å²) in [7, 11) is 1.43. The Hall–Kier alpha value is -1.65. The van der Waals surface area contributed by atoms with Gasteiger partial charge in [-0.05, 0) is 6.92 Å². The van der Waals surface area contributed by atoms with E-state index < -0.39 is 6.09 Å². The summed E-state index contributed by atoms with van der Waals surface area (Å²) < 4.78 is 0. The van der Waals surface area contributed by atoms with Gasteiger partial charge in [0, 0.05) is 19.4 Å². The Bertz CT molecular complexity index is 300. The fourth-order valence-corrected chi connectivity index (χ4v) is 0.820. The van der Waals surface area contributed by atoms with Crippen LogP contribution in [0.25, 0.3) is 0 Å². The molecule has 0 spiro atoms. The lowest BCUT2D eigenvalue weighted by Crippen LogP contribution is -2.25. The summed E-state index contributed by atoms with van der Waals surface area (Å²) in [5, 5.41) is 8.62. The van der Waals surface area contributed by atoms with Crippen molar-refractivity contribution in [1.29, 1.82) is 0 Å². The van der Waals surface area contributed by atoms with Gasteiger partial charge in [-0.3, -0.25) is 9.88 Å². The Morgan fingerprint density at radius 3 is 2.58 bits per heavy atom. The van der Waals surface area contributed by atoms with Crippen molar-refractivity contribution in [1.82, 2.24) is 9.97 Å². The monoisotopic (exact) mass is 167 g/mol. The van der Waals surface area contributed by atoms with Crippen LogP contribution >= 0.6 is 0 Å². The zero-order chi connectivity index (χ0) is 9.14. The van der Waals surface area contributed by atoms with Crippen molar-refractivity contribution in [3.05, 3.63) is 18.1 Å². The molecule has 0 bridgehead atoms. The average Bonchev–Trinajstić information content (AvgIpc) is 2.04. The van der Waals surface area contributed by atoms with Gasteiger partial charge in [0.2, 0.25) is 0 Å². The molecule has 0 aliphatic rings. The molecule has 0 unspecified atom stereocenters. The predicted octanol–water partition coefficient (Wildman–Crippen LogP) is 0.899. The highest BCUT2D eigenvalue weighted by Gasteiger charge is 2.11. The van der Waals surface area contributed by atoms with Gasteiger partial charge < -0.3 is 5.11 Å². The molecule has 1 aromatic rings. The second-order valence-electron chi connectivity index (χ2n) is 2.31. The van der Waals surface area contributed by atoms with Crippen molar-refractivity contribution >= 4 is 11.9 Å². The van der Waals surface area contributed by atoms with Crippen LogP contribution in [0, 0.1) is 6.92 Å². The van der Waals surface area contributed by atoms with E-state index in [0.29, 0.717) is 11.5 Å². The highest BCUT2D eigenvalue weighted by molar-refractivity contribution is 5.84. The van der Waals surface area contributed by atoms with Gasteiger partial charge in [0.1, 0.15) is 0 Å². The maximum absolute atomic E-state index is 10.5. The van der Waals surface area contributed by atoms with Crippen LogP contribution in [0.15, 0.2) is 12.4 Å². The summed E-state index contributed by atoms with van der Waals surface area (Å²) in [6.07, 6.45) is 1.94. The van der Waals surface area contributed by atoms with Gasteiger partial charge in [-0.25, -0.2) is 9.78 Å². The molecule has 0 aliphatic carbocycles. The van der Waals surface area contributed by atoms with Crippen molar-refractivity contribution in [3.8, 4) is 0 Å². The first kappa shape index (κ1) is 8.45. The van der Waals surface area contributed by atoms with Gasteiger partial charge in [-0.1, -0.05) is 0 Å². The molecular weight excluding hydrogens is 158 g/mol. The molecule has 1 heterocycles. The highest BCUT2D eigenvalue weighted by Crippen LogP contribution is 2.10. The minimum atomic E-state index is -1.04. The number of rotatable bonds is 1. The number of aryl methyl sites for hydroxylation is 1. The van der Waals surface area contributed by atoms with E-state index >= 15 is 0 Å². The van der Waals surface area contributed by atoms with E-state index in [1.165, 1.54) is 19.4 Å². The summed E-state index contributed by atoms with van der Waals surface area (Å²) in [5.41, 5.74) is 0.599. The molecule has 0 saturated heterocycles. The van der Waals surface area contributed by atoms with Gasteiger partial charge in [0.05, 0.1) is 5.69 Å². The summed E-state index contributed by atoms with van der Waals surface area (Å²) in [6.45, 7) is 1.71. The first-order valence-corrected chi connectivity index (χ1v) is 3.37. The summed E-state index contributed by atoms with van der Waals surface area (Å²) >= 11 is 0. The Balaban J connectivity index is 3.02. The molecule has 12 heavy (non-hydrogen) atoms. The van der Waals surface area contributed by atoms with Crippen LogP contribution in [0.4, 0.5) is 10.6 Å². The van der Waals surface area contributed by atoms with E-state index in [0.717, 1.165) is 4.90 Å². The Morgan fingerprint density at radius 2 is 2.08 bits per heavy atom. The SMILES string of the molecule is Cc1nccnc1N(C)C(=O)O. The molecule has 0 aliphatic heterocycles. The van der Waals surface area contributed by atoms with Crippen LogP contribution in [0.5, 0.6) is 0 Å². The Kier molecular flexibility index (Phi) is 2.23. The molecule has 0 saturated carbocycles. The van der Waals surface area contributed by atoms with E-state index in [2.05, 4.69) is 9.97 Å². The third-order valence-corrected chi connectivity index (χ3v) is 1.46. The normalized spacial score (nSPS) is 9.50. The van der Waals surface area contributed by atoms with Gasteiger partial charge >= 0.3 is 6.09 Å². The standard InChI is InChI=1S/C7H9N3O2/c1-5-6(9-4-3-8-5)10(2)7(11)12/h3-4H,1-2H3,(H,11,12). The molecule has 5 heteroatoms. The molecular formula is C7H9N3O2. The van der Waals surface area contributed by atoms with Gasteiger partial charge in [0.25, 0.3) is 0 Å². The van der Waals surface area contributed by atoms with E-state index in [1.54, 1.807) is 6.92 Å². The maximum Gasteiger partial charge on any atom is 0.412 e. The molecule has 1 aromatic heterocycles. The number of aromatic nitrogens is 2. The molecule has 1 rings (SSSR count). The number of amides is 1. The fraction of sp³-hybridized carbons (Fsp3) is 0.286. The largest absolute Gasteiger partial charge is 0.465 e. The van der Waals surface area contributed by atoms with E-state index in [-0.39, 0.29) is 0 Å². The maximum atomic E-state index is 10.5. The number of anilines is 1. The van der Waals surface area contributed by atoms with E-state index in [4.69, 9.17) is 5.11 Å². The molecule has 1 N–H and O–H groups in total. The minimum Gasteiger partial charge on any atom is -0.465 e. The van der Waals surface area contributed by atoms with Crippen molar-refractivity contribution < 1.29 is 9.90 Å². The number of nitrogens with zero attached hydrogens (tertiary/aromatic N) is 3. The predicted molar refractivity (Wildman–Crippen MR) is 43.2 cm³/mol. The summed E-state index contributed by atoms with van der Waals surface area (Å²) in [4.78, 5) is 19.3. The number of hydrogen-bond donors (Lipinski definition) is 1. The van der Waals surface area contributed by atoms with Gasteiger partial charge in [-0.2, -0.15) is 0 Å². The van der Waals surface area contributed by atoms with Crippen LogP contribution in [-0.2, 0) is 0 Å². The second-order valence-corrected chi connectivity index (χ2v) is 2.31. The smallest absolute Gasteiger partial charge is 0.412 e. The van der Waals surface area contributed by atoms with Crippen LogP contribution in [-0.4, -0.2) is 28.2 Å². The molecule has 0 aromatic carbocycles. The number of carbonyl (C=O) groups is 1. The zero-order valence-corrected chi connectivity index (χ0v) is 6.85. The first-order chi connectivity index (χ1) is 5.63. The van der Waals surface area contributed by atoms with Crippen molar-refractivity contribution in [2.45, 2.75) is 6.92 Å². The number of carboxylic acid groups (broad SMARTS) is 1. The average molecular weight is 167 g/mol. The third-order valence-electron chi connectivity index (χ3n) is 1.46. The molecule has 1 amide bonds. The van der Waals surface area contributed by atoms with Crippen LogP contribution in [0.1, 0.15) is 5.69 Å². The van der Waals surface area contributed by atoms with Gasteiger partial charge in [0.15, 0.2) is 5.82 Å². The highest BCUT2D eigenvalue weighted by atomic mass is 16.4. The summed E-state index contributed by atoms with van der Waals surface area (Å²) in [6, 6.07) is 0. The topological polar surface area (TPSA) is 66.3 Å². The molecule has 5 nitrogen and oxygen atoms in total. The third kappa shape index (κ3) is 1.50. The minimum absolute atomic E-state index is 0.366. The van der Waals surface area contributed by atoms with Crippen LogP contribution < -0.4 is 4.90 Å². The van der Waals surface area contributed by atoms with Crippen LogP contribution in [0.2, 0.25) is 0 Å². The Labute approximate surface area is 69.7 Å². The first-order valence-electron chi connectivity index (χ1n) is 3.37. The lowest BCUT2D eigenvalue weighted by atomic mass is 10.4. The zero-order valence-electron chi connectivity index (χ0n) is 6.85. The van der Waals surface area contributed by atoms with E-state index in [1.807, 2.05) is 0 Å². The fourth-order valence-electron chi connectivity index (χ4n) is 0.820.